The van der Waals surface area contributed by atoms with E-state index in [-0.39, 0.29) is 12.5 Å². The molecule has 1 atom stereocenters. The topological polar surface area (TPSA) is 50.4 Å². The van der Waals surface area contributed by atoms with Gasteiger partial charge >= 0.3 is 0 Å². The zero-order valence-corrected chi connectivity index (χ0v) is 12.7. The number of ether oxygens (including phenoxy) is 1. The second-order valence-electron chi connectivity index (χ2n) is 6.04. The van der Waals surface area contributed by atoms with Gasteiger partial charge < -0.3 is 15.4 Å². The maximum absolute atomic E-state index is 11.6. The number of carbonyl (C=O) groups is 1. The van der Waals surface area contributed by atoms with Crippen LogP contribution in [0.25, 0.3) is 0 Å². The maximum atomic E-state index is 11.6. The molecule has 3 rings (SSSR count). The van der Waals surface area contributed by atoms with Gasteiger partial charge in [0.2, 0.25) is 0 Å². The lowest BCUT2D eigenvalue weighted by Crippen LogP contribution is -2.30. The van der Waals surface area contributed by atoms with Crippen molar-refractivity contribution in [3.8, 4) is 5.75 Å². The lowest BCUT2D eigenvalue weighted by molar-refractivity contribution is -0.123. The third kappa shape index (κ3) is 3.76. The largest absolute Gasteiger partial charge is 0.484 e. The van der Waals surface area contributed by atoms with E-state index in [0.717, 1.165) is 44.4 Å². The van der Waals surface area contributed by atoms with E-state index < -0.39 is 0 Å². The number of hydrogen-bond acceptors (Lipinski definition) is 3. The van der Waals surface area contributed by atoms with Gasteiger partial charge in [0.05, 0.1) is 0 Å². The Morgan fingerprint density at radius 2 is 2.19 bits per heavy atom. The summed E-state index contributed by atoms with van der Waals surface area (Å²) < 4.78 is 5.61. The monoisotopic (exact) mass is 288 g/mol. The summed E-state index contributed by atoms with van der Waals surface area (Å²) in [6.07, 6.45) is 5.61. The van der Waals surface area contributed by atoms with E-state index in [4.69, 9.17) is 4.74 Å². The molecular formula is C17H24N2O2. The Labute approximate surface area is 126 Å². The molecule has 1 aromatic rings. The number of fused-ring (bicyclic) bond motifs is 1. The van der Waals surface area contributed by atoms with E-state index in [0.29, 0.717) is 12.1 Å². The van der Waals surface area contributed by atoms with Gasteiger partial charge in [-0.15, -0.1) is 0 Å². The van der Waals surface area contributed by atoms with Crippen molar-refractivity contribution < 1.29 is 9.53 Å². The number of hydrogen-bond donors (Lipinski definition) is 2. The van der Waals surface area contributed by atoms with Gasteiger partial charge in [-0.25, -0.2) is 0 Å². The average molecular weight is 288 g/mol. The zero-order valence-electron chi connectivity index (χ0n) is 12.7. The smallest absolute Gasteiger partial charge is 0.258 e. The molecule has 4 nitrogen and oxygen atoms in total. The minimum Gasteiger partial charge on any atom is -0.484 e. The Kier molecular flexibility index (Phi) is 4.44. The summed E-state index contributed by atoms with van der Waals surface area (Å²) in [6.45, 7) is 3.36. The van der Waals surface area contributed by atoms with Crippen LogP contribution in [0.2, 0.25) is 0 Å². The second kappa shape index (κ2) is 6.48. The highest BCUT2D eigenvalue weighted by molar-refractivity contribution is 5.78. The van der Waals surface area contributed by atoms with Crippen LogP contribution in [0.4, 0.5) is 0 Å². The molecule has 4 heteroatoms. The molecule has 0 radical (unpaired) electrons. The zero-order chi connectivity index (χ0) is 14.7. The molecule has 1 aromatic carbocycles. The number of rotatable bonds is 7. The molecule has 1 amide bonds. The highest BCUT2D eigenvalue weighted by Crippen LogP contribution is 2.33. The first-order valence-electron chi connectivity index (χ1n) is 8.04. The summed E-state index contributed by atoms with van der Waals surface area (Å²) in [6, 6.07) is 7.09. The molecule has 0 bridgehead atoms. The van der Waals surface area contributed by atoms with E-state index >= 15 is 0 Å². The van der Waals surface area contributed by atoms with Crippen LogP contribution in [0.15, 0.2) is 18.2 Å². The number of aryl methyl sites for hydroxylation is 1. The van der Waals surface area contributed by atoms with Crippen molar-refractivity contribution in [2.75, 3.05) is 13.2 Å². The Bertz CT molecular complexity index is 512. The third-order valence-corrected chi connectivity index (χ3v) is 4.15. The molecule has 2 N–H and O–H groups in total. The normalized spacial score (nSPS) is 20.1. The molecule has 1 saturated carbocycles. The first-order valence-corrected chi connectivity index (χ1v) is 8.04. The van der Waals surface area contributed by atoms with Crippen LogP contribution in [0.1, 0.15) is 49.8 Å². The van der Waals surface area contributed by atoms with E-state index in [1.54, 1.807) is 0 Å². The van der Waals surface area contributed by atoms with Gasteiger partial charge in [-0.1, -0.05) is 13.0 Å². The lowest BCUT2D eigenvalue weighted by Gasteiger charge is -2.14. The van der Waals surface area contributed by atoms with Crippen molar-refractivity contribution in [1.29, 1.82) is 0 Å². The van der Waals surface area contributed by atoms with Crippen LogP contribution < -0.4 is 15.4 Å². The first kappa shape index (κ1) is 14.4. The summed E-state index contributed by atoms with van der Waals surface area (Å²) in [5.74, 6) is 0.788. The van der Waals surface area contributed by atoms with Crippen molar-refractivity contribution in [2.24, 2.45) is 0 Å². The number of amides is 1. The highest BCUT2D eigenvalue weighted by atomic mass is 16.5. The minimum atomic E-state index is -0.0134. The number of nitrogens with one attached hydrogen (secondary N) is 2. The summed E-state index contributed by atoms with van der Waals surface area (Å²) in [5, 5.41) is 6.51. The fourth-order valence-electron chi connectivity index (χ4n) is 2.86. The third-order valence-electron chi connectivity index (χ3n) is 4.15. The molecule has 0 aliphatic heterocycles. The van der Waals surface area contributed by atoms with E-state index in [9.17, 15) is 4.79 Å². The molecule has 2 aliphatic carbocycles. The van der Waals surface area contributed by atoms with Gasteiger partial charge in [0, 0.05) is 12.1 Å². The summed E-state index contributed by atoms with van der Waals surface area (Å²) in [5.41, 5.74) is 2.74. The van der Waals surface area contributed by atoms with Gasteiger partial charge in [-0.05, 0) is 61.9 Å². The number of benzene rings is 1. The van der Waals surface area contributed by atoms with Gasteiger partial charge in [0.15, 0.2) is 6.61 Å². The van der Waals surface area contributed by atoms with E-state index in [2.05, 4.69) is 29.7 Å². The molecule has 2 aliphatic rings. The van der Waals surface area contributed by atoms with Gasteiger partial charge in [-0.2, -0.15) is 0 Å². The molecule has 0 spiro atoms. The van der Waals surface area contributed by atoms with E-state index in [1.807, 2.05) is 6.07 Å². The summed E-state index contributed by atoms with van der Waals surface area (Å²) in [7, 11) is 0. The average Bonchev–Trinajstić information content (AvgIpc) is 3.21. The summed E-state index contributed by atoms with van der Waals surface area (Å²) in [4.78, 5) is 11.6. The molecule has 21 heavy (non-hydrogen) atoms. The standard InChI is InChI=1S/C17H24N2O2/c1-2-9-18-16-8-3-12-10-14(6-7-15(12)16)21-11-17(20)19-13-4-5-13/h6-7,10,13,16,18H,2-5,8-9,11H2,1H3,(H,19,20). The van der Waals surface area contributed by atoms with Crippen LogP contribution in [0.3, 0.4) is 0 Å². The Hall–Kier alpha value is -1.55. The number of carbonyl (C=O) groups excluding carboxylic acids is 1. The van der Waals surface area contributed by atoms with Crippen molar-refractivity contribution in [2.45, 2.75) is 51.1 Å². The predicted molar refractivity (Wildman–Crippen MR) is 82.5 cm³/mol. The van der Waals surface area contributed by atoms with Crippen LogP contribution in [0.5, 0.6) is 5.75 Å². The van der Waals surface area contributed by atoms with Crippen molar-refractivity contribution in [3.05, 3.63) is 29.3 Å². The Morgan fingerprint density at radius 1 is 1.33 bits per heavy atom. The lowest BCUT2D eigenvalue weighted by atomic mass is 10.1. The molecule has 114 valence electrons. The molecule has 1 unspecified atom stereocenters. The van der Waals surface area contributed by atoms with Crippen molar-refractivity contribution >= 4 is 5.91 Å². The quantitative estimate of drug-likeness (QED) is 0.809. The van der Waals surface area contributed by atoms with Gasteiger partial charge in [-0.3, -0.25) is 4.79 Å². The molecule has 0 heterocycles. The molecular weight excluding hydrogens is 264 g/mol. The Balaban J connectivity index is 1.54. The predicted octanol–water partition coefficient (Wildman–Crippen LogP) is 2.33. The van der Waals surface area contributed by atoms with Crippen LogP contribution >= 0.6 is 0 Å². The van der Waals surface area contributed by atoms with Gasteiger partial charge in [0.25, 0.3) is 5.91 Å². The fraction of sp³-hybridized carbons (Fsp3) is 0.588. The van der Waals surface area contributed by atoms with Crippen LogP contribution in [0, 0.1) is 0 Å². The highest BCUT2D eigenvalue weighted by Gasteiger charge is 2.24. The maximum Gasteiger partial charge on any atom is 0.258 e. The second-order valence-corrected chi connectivity index (χ2v) is 6.04. The minimum absolute atomic E-state index is 0.0134. The van der Waals surface area contributed by atoms with Gasteiger partial charge in [0.1, 0.15) is 5.75 Å². The van der Waals surface area contributed by atoms with Crippen LogP contribution in [-0.4, -0.2) is 25.1 Å². The van der Waals surface area contributed by atoms with Crippen molar-refractivity contribution in [1.82, 2.24) is 10.6 Å². The molecule has 0 saturated heterocycles. The Morgan fingerprint density at radius 3 is 2.95 bits per heavy atom. The fourth-order valence-corrected chi connectivity index (χ4v) is 2.86. The van der Waals surface area contributed by atoms with E-state index in [1.165, 1.54) is 11.1 Å². The first-order chi connectivity index (χ1) is 10.3. The SMILES string of the molecule is CCCNC1CCc2cc(OCC(=O)NC3CC3)ccc21. The molecule has 1 fully saturated rings. The summed E-state index contributed by atoms with van der Waals surface area (Å²) >= 11 is 0. The van der Waals surface area contributed by atoms with Crippen molar-refractivity contribution in [3.63, 3.8) is 0 Å². The van der Waals surface area contributed by atoms with Crippen LogP contribution in [-0.2, 0) is 11.2 Å². The molecule has 0 aromatic heterocycles.